The Morgan fingerprint density at radius 3 is 2.24 bits per heavy atom. The molecule has 1 aromatic heterocycles. The van der Waals surface area contributed by atoms with Gasteiger partial charge >= 0.3 is 6.01 Å². The van der Waals surface area contributed by atoms with Crippen LogP contribution in [0.4, 0.5) is 11.9 Å². The van der Waals surface area contributed by atoms with Crippen LogP contribution in [0, 0.1) is 5.41 Å². The minimum atomic E-state index is 0.216. The van der Waals surface area contributed by atoms with E-state index in [0.717, 1.165) is 13.1 Å². The third-order valence-corrected chi connectivity index (χ3v) is 3.31. The summed E-state index contributed by atoms with van der Waals surface area (Å²) < 4.78 is 5.11. The number of ether oxygens (including phenoxy) is 1. The van der Waals surface area contributed by atoms with Crippen molar-refractivity contribution in [1.29, 1.82) is 0 Å². The Balaban J connectivity index is 2.62. The molecule has 0 saturated heterocycles. The topological polar surface area (TPSA) is 72.0 Å². The summed E-state index contributed by atoms with van der Waals surface area (Å²) in [7, 11) is 1.56. The predicted octanol–water partition coefficient (Wildman–Crippen LogP) is 3.33. The first-order valence-corrected chi connectivity index (χ1v) is 7.78. The van der Waals surface area contributed by atoms with Gasteiger partial charge < -0.3 is 15.4 Å². The Kier molecular flexibility index (Phi) is 7.19. The van der Waals surface area contributed by atoms with Gasteiger partial charge in [-0.2, -0.15) is 15.0 Å². The number of unbranched alkanes of at least 4 members (excludes halogenated alkanes) is 2. The van der Waals surface area contributed by atoms with E-state index in [1.54, 1.807) is 7.11 Å². The highest BCUT2D eigenvalue weighted by Gasteiger charge is 2.18. The van der Waals surface area contributed by atoms with Crippen LogP contribution in [0.15, 0.2) is 0 Å². The zero-order valence-corrected chi connectivity index (χ0v) is 14.0. The molecule has 0 spiro atoms. The van der Waals surface area contributed by atoms with Gasteiger partial charge in [-0.1, -0.05) is 40.0 Å². The van der Waals surface area contributed by atoms with Gasteiger partial charge in [0.05, 0.1) is 7.11 Å². The molecule has 1 heterocycles. The quantitative estimate of drug-likeness (QED) is 0.645. The molecule has 0 aromatic carbocycles. The van der Waals surface area contributed by atoms with Crippen LogP contribution in [0.25, 0.3) is 0 Å². The Hall–Kier alpha value is -1.59. The molecule has 1 rings (SSSR count). The lowest BCUT2D eigenvalue weighted by Gasteiger charge is -2.25. The minimum absolute atomic E-state index is 0.216. The van der Waals surface area contributed by atoms with Gasteiger partial charge in [-0.25, -0.2) is 0 Å². The number of anilines is 2. The zero-order chi connectivity index (χ0) is 15.7. The fraction of sp³-hybridized carbons (Fsp3) is 0.800. The van der Waals surface area contributed by atoms with Crippen LogP contribution >= 0.6 is 0 Å². The first kappa shape index (κ1) is 17.5. The van der Waals surface area contributed by atoms with Crippen LogP contribution in [0.5, 0.6) is 6.01 Å². The maximum Gasteiger partial charge on any atom is 0.322 e. The molecule has 0 aliphatic carbocycles. The summed E-state index contributed by atoms with van der Waals surface area (Å²) >= 11 is 0. The molecule has 0 radical (unpaired) electrons. The van der Waals surface area contributed by atoms with E-state index in [4.69, 9.17) is 4.74 Å². The van der Waals surface area contributed by atoms with Gasteiger partial charge in [-0.05, 0) is 18.8 Å². The summed E-state index contributed by atoms with van der Waals surface area (Å²) in [5.41, 5.74) is 0.216. The van der Waals surface area contributed by atoms with E-state index >= 15 is 0 Å². The van der Waals surface area contributed by atoms with Crippen LogP contribution in [0.3, 0.4) is 0 Å². The summed E-state index contributed by atoms with van der Waals surface area (Å²) in [6.07, 6.45) is 4.98. The van der Waals surface area contributed by atoms with E-state index < -0.39 is 0 Å². The van der Waals surface area contributed by atoms with Crippen molar-refractivity contribution in [3.63, 3.8) is 0 Å². The number of hydrogen-bond donors (Lipinski definition) is 2. The monoisotopic (exact) mass is 295 g/mol. The van der Waals surface area contributed by atoms with Crippen molar-refractivity contribution in [3.05, 3.63) is 0 Å². The van der Waals surface area contributed by atoms with Crippen LogP contribution in [-0.4, -0.2) is 35.2 Å². The van der Waals surface area contributed by atoms with Gasteiger partial charge in [0.1, 0.15) is 0 Å². The summed E-state index contributed by atoms with van der Waals surface area (Å²) in [5, 5.41) is 6.38. The molecule has 0 amide bonds. The highest BCUT2D eigenvalue weighted by molar-refractivity contribution is 5.35. The molecule has 0 aliphatic rings. The third kappa shape index (κ3) is 6.60. The molecule has 6 heteroatoms. The molecule has 0 atom stereocenters. The number of nitrogens with one attached hydrogen (secondary N) is 2. The molecule has 120 valence electrons. The largest absolute Gasteiger partial charge is 0.467 e. The van der Waals surface area contributed by atoms with E-state index in [1.165, 1.54) is 25.7 Å². The Labute approximate surface area is 128 Å². The second kappa shape index (κ2) is 8.64. The lowest BCUT2D eigenvalue weighted by Crippen LogP contribution is -2.24. The average Bonchev–Trinajstić information content (AvgIpc) is 2.45. The number of methoxy groups -OCH3 is 1. The van der Waals surface area contributed by atoms with Gasteiger partial charge in [0.25, 0.3) is 0 Å². The van der Waals surface area contributed by atoms with Crippen molar-refractivity contribution in [1.82, 2.24) is 15.0 Å². The van der Waals surface area contributed by atoms with E-state index in [-0.39, 0.29) is 5.41 Å². The van der Waals surface area contributed by atoms with Gasteiger partial charge in [0.15, 0.2) is 0 Å². The molecule has 0 aliphatic heterocycles. The summed E-state index contributed by atoms with van der Waals surface area (Å²) in [4.78, 5) is 12.7. The van der Waals surface area contributed by atoms with Crippen molar-refractivity contribution in [2.24, 2.45) is 5.41 Å². The highest BCUT2D eigenvalue weighted by atomic mass is 16.5. The lowest BCUT2D eigenvalue weighted by atomic mass is 9.87. The van der Waals surface area contributed by atoms with Gasteiger partial charge in [0.2, 0.25) is 11.9 Å². The molecular formula is C15H29N5O. The molecule has 0 bridgehead atoms. The highest BCUT2D eigenvalue weighted by Crippen LogP contribution is 2.24. The van der Waals surface area contributed by atoms with E-state index in [0.29, 0.717) is 17.9 Å². The minimum Gasteiger partial charge on any atom is -0.467 e. The number of nitrogens with zero attached hydrogens (tertiary/aromatic N) is 3. The van der Waals surface area contributed by atoms with Crippen LogP contribution in [-0.2, 0) is 0 Å². The summed E-state index contributed by atoms with van der Waals surface area (Å²) in [6.45, 7) is 10.3. The van der Waals surface area contributed by atoms with Crippen molar-refractivity contribution >= 4 is 11.9 Å². The molecule has 6 nitrogen and oxygen atoms in total. The SMILES string of the molecule is CCCCCC(C)(C)CNc1nc(NCC)nc(OC)n1. The Morgan fingerprint density at radius 2 is 1.67 bits per heavy atom. The fourth-order valence-electron chi connectivity index (χ4n) is 2.02. The molecule has 2 N–H and O–H groups in total. The molecule has 21 heavy (non-hydrogen) atoms. The molecular weight excluding hydrogens is 266 g/mol. The van der Waals surface area contributed by atoms with Crippen LogP contribution < -0.4 is 15.4 Å². The van der Waals surface area contributed by atoms with Gasteiger partial charge in [0, 0.05) is 13.1 Å². The van der Waals surface area contributed by atoms with Crippen molar-refractivity contribution in [3.8, 4) is 6.01 Å². The van der Waals surface area contributed by atoms with E-state index in [2.05, 4.69) is 46.4 Å². The van der Waals surface area contributed by atoms with Gasteiger partial charge in [-0.3, -0.25) is 0 Å². The second-order valence-electron chi connectivity index (χ2n) is 5.97. The van der Waals surface area contributed by atoms with Crippen molar-refractivity contribution < 1.29 is 4.74 Å². The van der Waals surface area contributed by atoms with E-state index in [9.17, 15) is 0 Å². The van der Waals surface area contributed by atoms with Crippen molar-refractivity contribution in [2.45, 2.75) is 53.4 Å². The molecule has 1 aromatic rings. The Bertz CT molecular complexity index is 423. The average molecular weight is 295 g/mol. The number of aromatic nitrogens is 3. The third-order valence-electron chi connectivity index (χ3n) is 3.31. The molecule has 0 saturated carbocycles. The predicted molar refractivity (Wildman–Crippen MR) is 87.0 cm³/mol. The maximum absolute atomic E-state index is 5.11. The summed E-state index contributed by atoms with van der Waals surface area (Å²) in [6, 6.07) is 0.326. The number of hydrogen-bond acceptors (Lipinski definition) is 6. The zero-order valence-electron chi connectivity index (χ0n) is 14.0. The lowest BCUT2D eigenvalue weighted by molar-refractivity contribution is 0.341. The normalized spacial score (nSPS) is 11.3. The standard InChI is InChI=1S/C15H29N5O/c1-6-8-9-10-15(3,4)11-17-13-18-12(16-7-2)19-14(20-13)21-5/h6-11H2,1-5H3,(H2,16,17,18,19,20). The van der Waals surface area contributed by atoms with Crippen molar-refractivity contribution in [2.75, 3.05) is 30.8 Å². The first-order chi connectivity index (χ1) is 10.0. The fourth-order valence-corrected chi connectivity index (χ4v) is 2.02. The van der Waals surface area contributed by atoms with Gasteiger partial charge in [-0.15, -0.1) is 0 Å². The summed E-state index contributed by atoms with van der Waals surface area (Å²) in [5.74, 6) is 1.09. The van der Waals surface area contributed by atoms with Crippen LogP contribution in [0.1, 0.15) is 53.4 Å². The van der Waals surface area contributed by atoms with E-state index in [1.807, 2.05) is 6.92 Å². The first-order valence-electron chi connectivity index (χ1n) is 7.78. The smallest absolute Gasteiger partial charge is 0.322 e. The molecule has 0 fully saturated rings. The maximum atomic E-state index is 5.11. The Morgan fingerprint density at radius 1 is 1.00 bits per heavy atom. The van der Waals surface area contributed by atoms with Crippen LogP contribution in [0.2, 0.25) is 0 Å². The number of rotatable bonds is 10. The second-order valence-corrected chi connectivity index (χ2v) is 5.97. The molecule has 0 unspecified atom stereocenters.